The summed E-state index contributed by atoms with van der Waals surface area (Å²) >= 11 is 9.56. The van der Waals surface area contributed by atoms with Crippen LogP contribution in [0.5, 0.6) is 5.75 Å². The predicted octanol–water partition coefficient (Wildman–Crippen LogP) is 3.70. The highest BCUT2D eigenvalue weighted by atomic mass is 79.9. The average Bonchev–Trinajstić information content (AvgIpc) is 3.26. The first-order chi connectivity index (χ1) is 11.5. The third-order valence-electron chi connectivity index (χ3n) is 4.47. The Morgan fingerprint density at radius 3 is 2.88 bits per heavy atom. The molecule has 1 unspecified atom stereocenters. The highest BCUT2D eigenvalue weighted by Crippen LogP contribution is 2.59. The molecule has 3 atom stereocenters. The van der Waals surface area contributed by atoms with Crippen LogP contribution in [0.1, 0.15) is 11.5 Å². The molecule has 2 aromatic rings. The zero-order valence-corrected chi connectivity index (χ0v) is 14.6. The van der Waals surface area contributed by atoms with Crippen molar-refractivity contribution in [2.24, 2.45) is 11.7 Å². The lowest BCUT2D eigenvalue weighted by molar-refractivity contribution is 0.251. The lowest BCUT2D eigenvalue weighted by Gasteiger charge is -2.20. The zero-order chi connectivity index (χ0) is 17.0. The topological polar surface area (TPSA) is 68.5 Å². The molecule has 4 rings (SSSR count). The molecule has 2 N–H and O–H groups in total. The number of carbonyl (C=O) groups is 1. The van der Waals surface area contributed by atoms with Crippen LogP contribution in [0.25, 0.3) is 0 Å². The van der Waals surface area contributed by atoms with E-state index in [0.29, 0.717) is 23.0 Å². The van der Waals surface area contributed by atoms with E-state index in [2.05, 4.69) is 20.9 Å². The van der Waals surface area contributed by atoms with Gasteiger partial charge >= 0.3 is 6.03 Å². The molecular weight excluding hydrogens is 401 g/mol. The van der Waals surface area contributed by atoms with E-state index in [1.54, 1.807) is 18.3 Å². The molecule has 1 aliphatic carbocycles. The highest BCUT2D eigenvalue weighted by molar-refractivity contribution is 9.10. The van der Waals surface area contributed by atoms with Gasteiger partial charge in [0.15, 0.2) is 11.6 Å². The number of urea groups is 1. The van der Waals surface area contributed by atoms with Gasteiger partial charge in [-0.25, -0.2) is 14.2 Å². The summed E-state index contributed by atoms with van der Waals surface area (Å²) in [6, 6.07) is 5.40. The summed E-state index contributed by atoms with van der Waals surface area (Å²) in [6.45, 7) is 0.305. The van der Waals surface area contributed by atoms with E-state index in [-0.39, 0.29) is 23.6 Å². The van der Waals surface area contributed by atoms with E-state index < -0.39 is 11.8 Å². The molecule has 0 spiro atoms. The third-order valence-corrected chi connectivity index (χ3v) is 5.27. The van der Waals surface area contributed by atoms with Gasteiger partial charge in [-0.2, -0.15) is 0 Å². The SMILES string of the molecule is NC(=O)N(c1ccc(Br)cn1)C1[C@H]2COc3c(F)ccc(Cl)c3[C@@H]12. The van der Waals surface area contributed by atoms with Crippen molar-refractivity contribution in [2.75, 3.05) is 11.5 Å². The Hall–Kier alpha value is -1.86. The van der Waals surface area contributed by atoms with E-state index >= 15 is 0 Å². The monoisotopic (exact) mass is 411 g/mol. The van der Waals surface area contributed by atoms with Crippen LogP contribution in [0.2, 0.25) is 5.02 Å². The summed E-state index contributed by atoms with van der Waals surface area (Å²) < 4.78 is 20.3. The molecule has 2 heterocycles. The minimum atomic E-state index is -0.613. The van der Waals surface area contributed by atoms with E-state index in [4.69, 9.17) is 22.1 Å². The molecule has 5 nitrogen and oxygen atoms in total. The molecule has 1 fully saturated rings. The van der Waals surface area contributed by atoms with Gasteiger partial charge in [-0.15, -0.1) is 0 Å². The van der Waals surface area contributed by atoms with Gasteiger partial charge in [0.1, 0.15) is 5.82 Å². The third kappa shape index (κ3) is 2.34. The van der Waals surface area contributed by atoms with Gasteiger partial charge in [0.05, 0.1) is 12.6 Å². The Morgan fingerprint density at radius 2 is 2.21 bits per heavy atom. The maximum atomic E-state index is 14.0. The first-order valence-corrected chi connectivity index (χ1v) is 8.47. The minimum Gasteiger partial charge on any atom is -0.490 e. The summed E-state index contributed by atoms with van der Waals surface area (Å²) in [6.07, 6.45) is 1.59. The number of benzene rings is 1. The van der Waals surface area contributed by atoms with Gasteiger partial charge in [-0.1, -0.05) is 11.6 Å². The second kappa shape index (κ2) is 5.60. The first-order valence-electron chi connectivity index (χ1n) is 7.30. The van der Waals surface area contributed by atoms with Crippen molar-refractivity contribution in [3.63, 3.8) is 0 Å². The predicted molar refractivity (Wildman–Crippen MR) is 90.9 cm³/mol. The summed E-state index contributed by atoms with van der Waals surface area (Å²) in [5.41, 5.74) is 6.18. The quantitative estimate of drug-likeness (QED) is 0.818. The molecule has 0 radical (unpaired) electrons. The highest BCUT2D eigenvalue weighted by Gasteiger charge is 2.60. The first kappa shape index (κ1) is 15.7. The van der Waals surface area contributed by atoms with Crippen LogP contribution in [0, 0.1) is 11.7 Å². The fourth-order valence-corrected chi connectivity index (χ4v) is 3.91. The molecular formula is C16H12BrClFN3O2. The number of rotatable bonds is 2. The molecule has 1 aromatic heterocycles. The number of fused-ring (bicyclic) bond motifs is 3. The molecule has 8 heteroatoms. The maximum Gasteiger partial charge on any atom is 0.320 e. The number of amides is 2. The van der Waals surface area contributed by atoms with Crippen molar-refractivity contribution in [2.45, 2.75) is 12.0 Å². The number of aromatic nitrogens is 1. The summed E-state index contributed by atoms with van der Waals surface area (Å²) in [5.74, 6) is 0.0501. The largest absolute Gasteiger partial charge is 0.490 e. The Balaban J connectivity index is 1.74. The number of ether oxygens (including phenoxy) is 1. The number of pyridine rings is 1. The molecule has 24 heavy (non-hydrogen) atoms. The second-order valence-corrected chi connectivity index (χ2v) is 7.13. The fraction of sp³-hybridized carbons (Fsp3) is 0.250. The molecule has 1 saturated carbocycles. The van der Waals surface area contributed by atoms with E-state index in [1.807, 2.05) is 0 Å². The van der Waals surface area contributed by atoms with E-state index in [1.165, 1.54) is 17.0 Å². The Morgan fingerprint density at radius 1 is 1.42 bits per heavy atom. The van der Waals surface area contributed by atoms with Gasteiger partial charge in [0.25, 0.3) is 0 Å². The van der Waals surface area contributed by atoms with E-state index in [0.717, 1.165) is 4.47 Å². The van der Waals surface area contributed by atoms with Crippen molar-refractivity contribution in [3.8, 4) is 5.75 Å². The van der Waals surface area contributed by atoms with Crippen LogP contribution in [-0.2, 0) is 0 Å². The average molecular weight is 413 g/mol. The van der Waals surface area contributed by atoms with Gasteiger partial charge < -0.3 is 10.5 Å². The smallest absolute Gasteiger partial charge is 0.320 e. The summed E-state index contributed by atoms with van der Waals surface area (Å²) in [4.78, 5) is 17.7. The Bertz CT molecular complexity index is 833. The van der Waals surface area contributed by atoms with Crippen LogP contribution in [0.3, 0.4) is 0 Å². The number of halogens is 3. The van der Waals surface area contributed by atoms with Crippen molar-refractivity contribution < 1.29 is 13.9 Å². The van der Waals surface area contributed by atoms with Crippen molar-refractivity contribution in [3.05, 3.63) is 51.3 Å². The molecule has 1 aliphatic heterocycles. The molecule has 124 valence electrons. The lowest BCUT2D eigenvalue weighted by Crippen LogP contribution is -2.39. The minimum absolute atomic E-state index is 0.00902. The fourth-order valence-electron chi connectivity index (χ4n) is 3.40. The van der Waals surface area contributed by atoms with Gasteiger partial charge in [-0.3, -0.25) is 4.90 Å². The molecule has 0 bridgehead atoms. The second-order valence-electron chi connectivity index (χ2n) is 5.81. The number of anilines is 1. The summed E-state index contributed by atoms with van der Waals surface area (Å²) in [5, 5.41) is 0.428. The normalized spacial score (nSPS) is 23.7. The molecule has 1 aromatic carbocycles. The zero-order valence-electron chi connectivity index (χ0n) is 12.2. The van der Waals surface area contributed by atoms with Crippen molar-refractivity contribution in [1.82, 2.24) is 4.98 Å². The van der Waals surface area contributed by atoms with Crippen LogP contribution in [0.15, 0.2) is 34.9 Å². The standard InChI is InChI=1S/C16H12BrClFN3O2/c17-7-1-4-11(21-5-7)22(16(20)23)14-8-6-24-15-10(19)3-2-9(18)13(15)12(8)14/h1-5,8,12,14H,6H2,(H2,20,23)/t8-,12-,14?/m0/s1. The summed E-state index contributed by atoms with van der Waals surface area (Å²) in [7, 11) is 0. The molecule has 2 aliphatic rings. The maximum absolute atomic E-state index is 14.0. The number of hydrogen-bond donors (Lipinski definition) is 1. The molecule has 2 amide bonds. The van der Waals surface area contributed by atoms with Crippen LogP contribution >= 0.6 is 27.5 Å². The van der Waals surface area contributed by atoms with Crippen molar-refractivity contribution in [1.29, 1.82) is 0 Å². The Kier molecular flexibility index (Phi) is 3.65. The van der Waals surface area contributed by atoms with Crippen LogP contribution < -0.4 is 15.4 Å². The van der Waals surface area contributed by atoms with E-state index in [9.17, 15) is 9.18 Å². The van der Waals surface area contributed by atoms with Crippen LogP contribution in [-0.4, -0.2) is 23.7 Å². The van der Waals surface area contributed by atoms with Gasteiger partial charge in [0.2, 0.25) is 0 Å². The van der Waals surface area contributed by atoms with Gasteiger partial charge in [-0.05, 0) is 40.2 Å². The number of nitrogens with zero attached hydrogens (tertiary/aromatic N) is 2. The lowest BCUT2D eigenvalue weighted by atomic mass is 10.1. The Labute approximate surface area is 150 Å². The number of nitrogens with two attached hydrogens (primary N) is 1. The van der Waals surface area contributed by atoms with Gasteiger partial charge in [0, 0.05) is 33.1 Å². The van der Waals surface area contributed by atoms with Crippen molar-refractivity contribution >= 4 is 39.4 Å². The van der Waals surface area contributed by atoms with Crippen LogP contribution in [0.4, 0.5) is 15.0 Å². The molecule has 0 saturated heterocycles. The number of primary amides is 1. The number of hydrogen-bond acceptors (Lipinski definition) is 3. The number of carbonyl (C=O) groups excluding carboxylic acids is 1.